The van der Waals surface area contributed by atoms with Crippen LogP contribution in [0.4, 0.5) is 0 Å². The Hall–Kier alpha value is -0.650. The first-order chi connectivity index (χ1) is 11.7. The van der Waals surface area contributed by atoms with Gasteiger partial charge in [0.25, 0.3) is 0 Å². The first kappa shape index (κ1) is 23.4. The summed E-state index contributed by atoms with van der Waals surface area (Å²) in [6.45, 7) is 3.65. The Bertz CT molecular complexity index is 274. The molecule has 0 fully saturated rings. The molecule has 0 heterocycles. The second kappa shape index (κ2) is 18.7. The van der Waals surface area contributed by atoms with Gasteiger partial charge in [-0.25, -0.2) is 0 Å². The number of unbranched alkanes of at least 4 members (excludes halogenated alkanes) is 9. The molecule has 0 rings (SSSR count). The number of rotatable bonds is 18. The standard InChI is InChI=1S/C19H39NO4/c1-2-3-4-5-6-7-8-9-10-13-19(23)24-17-18(22)16-20-14-11-12-15-21/h18,20-22H,2-17H2,1H3. The molecule has 24 heavy (non-hydrogen) atoms. The van der Waals surface area contributed by atoms with E-state index in [9.17, 15) is 9.90 Å². The second-order valence-corrected chi connectivity index (χ2v) is 6.55. The summed E-state index contributed by atoms with van der Waals surface area (Å²) < 4.78 is 5.09. The molecule has 5 nitrogen and oxygen atoms in total. The first-order valence-corrected chi connectivity index (χ1v) is 9.86. The van der Waals surface area contributed by atoms with Crippen LogP contribution in [0.3, 0.4) is 0 Å². The van der Waals surface area contributed by atoms with Crippen LogP contribution in [0.5, 0.6) is 0 Å². The van der Waals surface area contributed by atoms with E-state index in [2.05, 4.69) is 12.2 Å². The van der Waals surface area contributed by atoms with Gasteiger partial charge in [0.15, 0.2) is 0 Å². The van der Waals surface area contributed by atoms with Crippen LogP contribution >= 0.6 is 0 Å². The predicted molar refractivity (Wildman–Crippen MR) is 98.0 cm³/mol. The molecule has 144 valence electrons. The third-order valence-electron chi connectivity index (χ3n) is 4.06. The lowest BCUT2D eigenvalue weighted by Crippen LogP contribution is -2.31. The fraction of sp³-hybridized carbons (Fsp3) is 0.947. The average Bonchev–Trinajstić information content (AvgIpc) is 2.58. The highest BCUT2D eigenvalue weighted by atomic mass is 16.5. The van der Waals surface area contributed by atoms with Gasteiger partial charge in [-0.1, -0.05) is 58.3 Å². The SMILES string of the molecule is CCCCCCCCCCCC(=O)OCC(O)CNCCCCO. The summed E-state index contributed by atoms with van der Waals surface area (Å²) in [4.78, 5) is 11.6. The number of aliphatic hydroxyl groups is 2. The number of hydrogen-bond donors (Lipinski definition) is 3. The van der Waals surface area contributed by atoms with Gasteiger partial charge in [-0.05, 0) is 25.8 Å². The molecule has 0 spiro atoms. The third-order valence-corrected chi connectivity index (χ3v) is 4.06. The summed E-state index contributed by atoms with van der Waals surface area (Å²) in [5.74, 6) is -0.211. The fourth-order valence-electron chi connectivity index (χ4n) is 2.53. The second-order valence-electron chi connectivity index (χ2n) is 6.55. The maximum absolute atomic E-state index is 11.6. The molecule has 0 aromatic rings. The summed E-state index contributed by atoms with van der Waals surface area (Å²) in [7, 11) is 0. The lowest BCUT2D eigenvalue weighted by atomic mass is 10.1. The molecule has 0 aliphatic rings. The fourth-order valence-corrected chi connectivity index (χ4v) is 2.53. The minimum absolute atomic E-state index is 0.0588. The van der Waals surface area contributed by atoms with E-state index in [4.69, 9.17) is 9.84 Å². The zero-order valence-corrected chi connectivity index (χ0v) is 15.6. The Labute approximate surface area is 148 Å². The number of carbonyl (C=O) groups excluding carboxylic acids is 1. The van der Waals surface area contributed by atoms with Crippen LogP contribution in [0.15, 0.2) is 0 Å². The Morgan fingerprint density at radius 1 is 0.958 bits per heavy atom. The highest BCUT2D eigenvalue weighted by Crippen LogP contribution is 2.10. The number of esters is 1. The quantitative estimate of drug-likeness (QED) is 0.263. The van der Waals surface area contributed by atoms with E-state index in [1.165, 1.54) is 44.9 Å². The van der Waals surface area contributed by atoms with E-state index in [1.807, 2.05) is 0 Å². The van der Waals surface area contributed by atoms with Gasteiger partial charge >= 0.3 is 5.97 Å². The van der Waals surface area contributed by atoms with Crippen molar-refractivity contribution >= 4 is 5.97 Å². The van der Waals surface area contributed by atoms with Crippen molar-refractivity contribution < 1.29 is 19.7 Å². The molecule has 0 aliphatic heterocycles. The molecule has 0 radical (unpaired) electrons. The van der Waals surface area contributed by atoms with Gasteiger partial charge in [0.1, 0.15) is 12.7 Å². The molecule has 3 N–H and O–H groups in total. The molecule has 0 amide bonds. The van der Waals surface area contributed by atoms with E-state index in [0.29, 0.717) is 13.0 Å². The van der Waals surface area contributed by atoms with Crippen molar-refractivity contribution in [1.82, 2.24) is 5.32 Å². The number of carbonyl (C=O) groups is 1. The smallest absolute Gasteiger partial charge is 0.305 e. The van der Waals surface area contributed by atoms with Gasteiger partial charge in [0, 0.05) is 19.6 Å². The zero-order chi connectivity index (χ0) is 17.9. The van der Waals surface area contributed by atoms with Crippen LogP contribution in [-0.4, -0.2) is 48.6 Å². The van der Waals surface area contributed by atoms with E-state index >= 15 is 0 Å². The number of ether oxygens (including phenoxy) is 1. The molecular formula is C19H39NO4. The zero-order valence-electron chi connectivity index (χ0n) is 15.6. The normalized spacial score (nSPS) is 12.3. The largest absolute Gasteiger partial charge is 0.463 e. The maximum atomic E-state index is 11.6. The highest BCUT2D eigenvalue weighted by Gasteiger charge is 2.08. The lowest BCUT2D eigenvalue weighted by molar-refractivity contribution is -0.146. The summed E-state index contributed by atoms with van der Waals surface area (Å²) in [6, 6.07) is 0. The van der Waals surface area contributed by atoms with Crippen molar-refractivity contribution in [1.29, 1.82) is 0 Å². The monoisotopic (exact) mass is 345 g/mol. The van der Waals surface area contributed by atoms with E-state index < -0.39 is 6.10 Å². The molecule has 0 aromatic heterocycles. The average molecular weight is 346 g/mol. The van der Waals surface area contributed by atoms with Crippen LogP contribution in [0.2, 0.25) is 0 Å². The first-order valence-electron chi connectivity index (χ1n) is 9.86. The molecule has 1 atom stereocenters. The molecule has 0 aliphatic carbocycles. The topological polar surface area (TPSA) is 78.8 Å². The molecule has 1 unspecified atom stereocenters. The van der Waals surface area contributed by atoms with Crippen molar-refractivity contribution in [3.8, 4) is 0 Å². The summed E-state index contributed by atoms with van der Waals surface area (Å²) in [5.41, 5.74) is 0. The van der Waals surface area contributed by atoms with E-state index in [1.54, 1.807) is 0 Å². The van der Waals surface area contributed by atoms with Gasteiger partial charge in [-0.2, -0.15) is 0 Å². The van der Waals surface area contributed by atoms with Crippen molar-refractivity contribution in [3.05, 3.63) is 0 Å². The predicted octanol–water partition coefficient (Wildman–Crippen LogP) is 3.17. The van der Waals surface area contributed by atoms with E-state index in [-0.39, 0.29) is 19.2 Å². The Kier molecular flexibility index (Phi) is 18.2. The van der Waals surface area contributed by atoms with Gasteiger partial charge < -0.3 is 20.3 Å². The third kappa shape index (κ3) is 17.7. The van der Waals surface area contributed by atoms with Gasteiger partial charge in [0.2, 0.25) is 0 Å². The van der Waals surface area contributed by atoms with Crippen LogP contribution in [-0.2, 0) is 9.53 Å². The van der Waals surface area contributed by atoms with Gasteiger partial charge in [-0.3, -0.25) is 4.79 Å². The molecule has 5 heteroatoms. The number of hydrogen-bond acceptors (Lipinski definition) is 5. The number of aliphatic hydroxyl groups excluding tert-OH is 2. The summed E-state index contributed by atoms with van der Waals surface area (Å²) in [6.07, 6.45) is 12.5. The summed E-state index contributed by atoms with van der Waals surface area (Å²) in [5, 5.41) is 21.4. The van der Waals surface area contributed by atoms with Crippen LogP contribution in [0, 0.1) is 0 Å². The molecule has 0 bridgehead atoms. The van der Waals surface area contributed by atoms with E-state index in [0.717, 1.165) is 32.2 Å². The highest BCUT2D eigenvalue weighted by molar-refractivity contribution is 5.69. The van der Waals surface area contributed by atoms with Crippen molar-refractivity contribution in [2.24, 2.45) is 0 Å². The molecular weight excluding hydrogens is 306 g/mol. The van der Waals surface area contributed by atoms with Gasteiger partial charge in [0.05, 0.1) is 0 Å². The van der Waals surface area contributed by atoms with Crippen molar-refractivity contribution in [3.63, 3.8) is 0 Å². The lowest BCUT2D eigenvalue weighted by Gasteiger charge is -2.12. The Morgan fingerprint density at radius 2 is 1.58 bits per heavy atom. The molecule has 0 saturated heterocycles. The van der Waals surface area contributed by atoms with Gasteiger partial charge in [-0.15, -0.1) is 0 Å². The maximum Gasteiger partial charge on any atom is 0.305 e. The summed E-state index contributed by atoms with van der Waals surface area (Å²) >= 11 is 0. The van der Waals surface area contributed by atoms with Crippen LogP contribution in [0.1, 0.15) is 84.0 Å². The molecule has 0 saturated carbocycles. The minimum atomic E-state index is -0.661. The number of nitrogens with one attached hydrogen (secondary N) is 1. The van der Waals surface area contributed by atoms with Crippen molar-refractivity contribution in [2.75, 3.05) is 26.3 Å². The van der Waals surface area contributed by atoms with Crippen molar-refractivity contribution in [2.45, 2.75) is 90.1 Å². The minimum Gasteiger partial charge on any atom is -0.463 e. The Morgan fingerprint density at radius 3 is 2.21 bits per heavy atom. The van der Waals surface area contributed by atoms with Crippen LogP contribution in [0.25, 0.3) is 0 Å². The Balaban J connectivity index is 3.31. The molecule has 0 aromatic carbocycles. The van der Waals surface area contributed by atoms with Crippen LogP contribution < -0.4 is 5.32 Å².